The molecule has 0 aliphatic heterocycles. The van der Waals surface area contributed by atoms with E-state index < -0.39 is 0 Å². The minimum absolute atomic E-state index is 0.157. The number of methoxy groups -OCH3 is 1. The van der Waals surface area contributed by atoms with Crippen LogP contribution in [0, 0.1) is 0 Å². The molecule has 25 heavy (non-hydrogen) atoms. The molecule has 0 atom stereocenters. The Labute approximate surface area is 150 Å². The van der Waals surface area contributed by atoms with Crippen LogP contribution in [-0.2, 0) is 0 Å². The van der Waals surface area contributed by atoms with Crippen LogP contribution in [0.3, 0.4) is 0 Å². The second kappa shape index (κ2) is 7.85. The normalized spacial score (nSPS) is 10.5. The zero-order chi connectivity index (χ0) is 17.6. The molecule has 0 spiro atoms. The van der Waals surface area contributed by atoms with Gasteiger partial charge in [-0.15, -0.1) is 0 Å². The summed E-state index contributed by atoms with van der Waals surface area (Å²) >= 11 is 5.86. The fraction of sp³-hybridized carbons (Fsp3) is 0.158. The van der Waals surface area contributed by atoms with E-state index in [1.807, 2.05) is 30.3 Å². The van der Waals surface area contributed by atoms with E-state index in [0.717, 1.165) is 22.4 Å². The molecule has 0 unspecified atom stereocenters. The number of carbonyl (C=O) groups is 1. The first-order chi connectivity index (χ1) is 12.2. The van der Waals surface area contributed by atoms with Gasteiger partial charge in [0.05, 0.1) is 19.2 Å². The van der Waals surface area contributed by atoms with Crippen LogP contribution in [0.5, 0.6) is 11.5 Å². The van der Waals surface area contributed by atoms with Crippen molar-refractivity contribution in [1.29, 1.82) is 0 Å². The van der Waals surface area contributed by atoms with Crippen LogP contribution in [0.15, 0.2) is 54.6 Å². The molecular weight excluding hydrogens is 340 g/mol. The topological polar surface area (TPSA) is 60.5 Å². The number of ether oxygens (including phenoxy) is 2. The van der Waals surface area contributed by atoms with Crippen molar-refractivity contribution < 1.29 is 14.3 Å². The van der Waals surface area contributed by atoms with Crippen LogP contribution in [0.25, 0.3) is 10.9 Å². The summed E-state index contributed by atoms with van der Waals surface area (Å²) in [4.78, 5) is 16.4. The van der Waals surface area contributed by atoms with Gasteiger partial charge in [-0.3, -0.25) is 4.79 Å². The van der Waals surface area contributed by atoms with E-state index >= 15 is 0 Å². The lowest BCUT2D eigenvalue weighted by Gasteiger charge is -2.09. The average Bonchev–Trinajstić information content (AvgIpc) is 2.65. The van der Waals surface area contributed by atoms with Crippen molar-refractivity contribution in [3.05, 3.63) is 65.3 Å². The predicted molar refractivity (Wildman–Crippen MR) is 97.6 cm³/mol. The van der Waals surface area contributed by atoms with Crippen LogP contribution in [0.1, 0.15) is 10.4 Å². The number of fused-ring (bicyclic) bond motifs is 1. The molecule has 0 fully saturated rings. The Morgan fingerprint density at radius 1 is 1.08 bits per heavy atom. The van der Waals surface area contributed by atoms with Gasteiger partial charge in [-0.1, -0.05) is 11.6 Å². The minimum Gasteiger partial charge on any atom is -0.497 e. The van der Waals surface area contributed by atoms with Crippen molar-refractivity contribution in [2.75, 3.05) is 20.3 Å². The highest BCUT2D eigenvalue weighted by atomic mass is 35.5. The van der Waals surface area contributed by atoms with Crippen LogP contribution in [0.4, 0.5) is 0 Å². The lowest BCUT2D eigenvalue weighted by Crippen LogP contribution is -2.28. The molecule has 0 aliphatic rings. The van der Waals surface area contributed by atoms with E-state index in [4.69, 9.17) is 21.1 Å². The summed E-state index contributed by atoms with van der Waals surface area (Å²) in [6, 6.07) is 16.1. The van der Waals surface area contributed by atoms with Crippen molar-refractivity contribution in [3.63, 3.8) is 0 Å². The summed E-state index contributed by atoms with van der Waals surface area (Å²) < 4.78 is 10.7. The molecule has 0 saturated carbocycles. The first-order valence-corrected chi connectivity index (χ1v) is 8.15. The Morgan fingerprint density at radius 2 is 1.84 bits per heavy atom. The maximum absolute atomic E-state index is 12.2. The van der Waals surface area contributed by atoms with Crippen molar-refractivity contribution >= 4 is 28.4 Å². The predicted octanol–water partition coefficient (Wildman–Crippen LogP) is 3.71. The van der Waals surface area contributed by atoms with E-state index in [9.17, 15) is 4.79 Å². The van der Waals surface area contributed by atoms with Gasteiger partial charge in [0.15, 0.2) is 0 Å². The zero-order valence-electron chi connectivity index (χ0n) is 13.7. The molecule has 128 valence electrons. The highest BCUT2D eigenvalue weighted by Crippen LogP contribution is 2.18. The van der Waals surface area contributed by atoms with Gasteiger partial charge in [-0.25, -0.2) is 4.98 Å². The number of carbonyl (C=O) groups excluding carboxylic acids is 1. The number of amides is 1. The largest absolute Gasteiger partial charge is 0.497 e. The molecule has 2 aromatic carbocycles. The molecule has 3 aromatic rings. The summed E-state index contributed by atoms with van der Waals surface area (Å²) in [5.41, 5.74) is 1.33. The SMILES string of the molecule is COc1ccc(OCCNC(=O)c2ccc3nc(Cl)ccc3c2)cc1. The highest BCUT2D eigenvalue weighted by molar-refractivity contribution is 6.29. The number of halogens is 1. The van der Waals surface area contributed by atoms with E-state index in [1.54, 1.807) is 31.4 Å². The molecule has 3 rings (SSSR count). The third-order valence-corrected chi connectivity index (χ3v) is 3.84. The van der Waals surface area contributed by atoms with Gasteiger partial charge in [0.1, 0.15) is 23.3 Å². The van der Waals surface area contributed by atoms with Crippen molar-refractivity contribution in [1.82, 2.24) is 10.3 Å². The number of benzene rings is 2. The van der Waals surface area contributed by atoms with Crippen LogP contribution >= 0.6 is 11.6 Å². The van der Waals surface area contributed by atoms with E-state index in [-0.39, 0.29) is 5.91 Å². The Balaban J connectivity index is 1.52. The van der Waals surface area contributed by atoms with Gasteiger partial charge in [0.25, 0.3) is 5.91 Å². The molecule has 0 radical (unpaired) electrons. The van der Waals surface area contributed by atoms with Crippen molar-refractivity contribution in [3.8, 4) is 11.5 Å². The van der Waals surface area contributed by atoms with Crippen LogP contribution in [-0.4, -0.2) is 31.2 Å². The number of hydrogen-bond acceptors (Lipinski definition) is 4. The Morgan fingerprint density at radius 3 is 2.60 bits per heavy atom. The van der Waals surface area contributed by atoms with Gasteiger partial charge in [-0.2, -0.15) is 0 Å². The maximum Gasteiger partial charge on any atom is 0.251 e. The second-order valence-corrected chi connectivity index (χ2v) is 5.71. The summed E-state index contributed by atoms with van der Waals surface area (Å²) in [7, 11) is 1.61. The first-order valence-electron chi connectivity index (χ1n) is 7.77. The quantitative estimate of drug-likeness (QED) is 0.540. The zero-order valence-corrected chi connectivity index (χ0v) is 14.4. The number of rotatable bonds is 6. The van der Waals surface area contributed by atoms with Crippen molar-refractivity contribution in [2.45, 2.75) is 0 Å². The van der Waals surface area contributed by atoms with Gasteiger partial charge in [0.2, 0.25) is 0 Å². The Bertz CT molecular complexity index is 881. The molecule has 5 nitrogen and oxygen atoms in total. The number of hydrogen-bond donors (Lipinski definition) is 1. The summed E-state index contributed by atoms with van der Waals surface area (Å²) in [6.07, 6.45) is 0. The van der Waals surface area contributed by atoms with Gasteiger partial charge < -0.3 is 14.8 Å². The fourth-order valence-electron chi connectivity index (χ4n) is 2.35. The highest BCUT2D eigenvalue weighted by Gasteiger charge is 2.07. The molecule has 0 saturated heterocycles. The molecular formula is C19H17ClN2O3. The second-order valence-electron chi connectivity index (χ2n) is 5.32. The lowest BCUT2D eigenvalue weighted by atomic mass is 10.1. The number of aromatic nitrogens is 1. The molecule has 1 aromatic heterocycles. The average molecular weight is 357 g/mol. The number of pyridine rings is 1. The lowest BCUT2D eigenvalue weighted by molar-refractivity contribution is 0.0947. The van der Waals surface area contributed by atoms with E-state index in [0.29, 0.717) is 23.9 Å². The standard InChI is InChI=1S/C19H17ClN2O3/c1-24-15-4-6-16(7-5-15)25-11-10-21-19(23)14-2-8-17-13(12-14)3-9-18(20)22-17/h2-9,12H,10-11H2,1H3,(H,21,23). The molecule has 1 heterocycles. The molecule has 0 aliphatic carbocycles. The monoisotopic (exact) mass is 356 g/mol. The minimum atomic E-state index is -0.157. The summed E-state index contributed by atoms with van der Waals surface area (Å²) in [5, 5.41) is 4.13. The van der Waals surface area contributed by atoms with E-state index in [2.05, 4.69) is 10.3 Å². The number of nitrogens with one attached hydrogen (secondary N) is 1. The molecule has 6 heteroatoms. The smallest absolute Gasteiger partial charge is 0.251 e. The van der Waals surface area contributed by atoms with Crippen molar-refractivity contribution in [2.24, 2.45) is 0 Å². The Hall–Kier alpha value is -2.79. The Kier molecular flexibility index (Phi) is 5.36. The fourth-order valence-corrected chi connectivity index (χ4v) is 2.50. The summed E-state index contributed by atoms with van der Waals surface area (Å²) in [6.45, 7) is 0.782. The molecule has 1 N–H and O–H groups in total. The molecule has 1 amide bonds. The van der Waals surface area contributed by atoms with Crippen LogP contribution in [0.2, 0.25) is 5.15 Å². The first kappa shape index (κ1) is 17.0. The van der Waals surface area contributed by atoms with Gasteiger partial charge >= 0.3 is 0 Å². The third-order valence-electron chi connectivity index (χ3n) is 3.63. The third kappa shape index (κ3) is 4.39. The van der Waals surface area contributed by atoms with Gasteiger partial charge in [0, 0.05) is 10.9 Å². The van der Waals surface area contributed by atoms with Gasteiger partial charge in [-0.05, 0) is 54.6 Å². The maximum atomic E-state index is 12.2. The van der Waals surface area contributed by atoms with E-state index in [1.165, 1.54) is 0 Å². The molecule has 0 bridgehead atoms. The summed E-state index contributed by atoms with van der Waals surface area (Å²) in [5.74, 6) is 1.34. The van der Waals surface area contributed by atoms with Crippen LogP contribution < -0.4 is 14.8 Å². The number of nitrogens with zero attached hydrogens (tertiary/aromatic N) is 1.